The van der Waals surface area contributed by atoms with Crippen molar-refractivity contribution in [2.75, 3.05) is 0 Å². The van der Waals surface area contributed by atoms with Gasteiger partial charge < -0.3 is 9.15 Å². The summed E-state index contributed by atoms with van der Waals surface area (Å²) in [5.41, 5.74) is 2.87. The van der Waals surface area contributed by atoms with Crippen molar-refractivity contribution in [3.05, 3.63) is 112 Å². The average molecular weight is 480 g/mol. The fraction of sp³-hybridized carbons (Fsp3) is 0.115. The molecule has 9 heteroatoms. The molecule has 1 aromatic heterocycles. The zero-order valence-electron chi connectivity index (χ0n) is 18.2. The van der Waals surface area contributed by atoms with E-state index in [1.807, 2.05) is 12.1 Å². The molecule has 0 aliphatic rings. The number of fused-ring (bicyclic) bond motifs is 1. The Morgan fingerprint density at radius 2 is 1.71 bits per heavy atom. The molecule has 178 valence electrons. The van der Waals surface area contributed by atoms with Crippen molar-refractivity contribution in [2.24, 2.45) is 5.10 Å². The summed E-state index contributed by atoms with van der Waals surface area (Å²) in [6.45, 7) is -0.0295. The number of rotatable bonds is 7. The number of para-hydroxylation sites is 2. The Labute approximate surface area is 197 Å². The number of benzene rings is 3. The van der Waals surface area contributed by atoms with Gasteiger partial charge in [0.05, 0.1) is 23.8 Å². The molecule has 4 rings (SSSR count). The Bertz CT molecular complexity index is 1430. The highest BCUT2D eigenvalue weighted by Crippen LogP contribution is 2.29. The monoisotopic (exact) mass is 480 g/mol. The number of nitrogens with one attached hydrogen (secondary N) is 1. The molecule has 0 radical (unpaired) electrons. The minimum atomic E-state index is -4.43. The maximum atomic E-state index is 12.6. The third kappa shape index (κ3) is 6.14. The van der Waals surface area contributed by atoms with E-state index < -0.39 is 23.3 Å². The van der Waals surface area contributed by atoms with Crippen LogP contribution in [0.15, 0.2) is 93.2 Å². The molecule has 4 aromatic rings. The molecule has 0 aliphatic heterocycles. The van der Waals surface area contributed by atoms with E-state index in [4.69, 9.17) is 9.15 Å². The van der Waals surface area contributed by atoms with Crippen LogP contribution in [0.25, 0.3) is 11.0 Å². The molecule has 0 atom stereocenters. The van der Waals surface area contributed by atoms with Gasteiger partial charge in [0.15, 0.2) is 0 Å². The van der Waals surface area contributed by atoms with Gasteiger partial charge in [0.2, 0.25) is 5.91 Å². The number of carbonyl (C=O) groups is 1. The largest absolute Gasteiger partial charge is 0.488 e. The van der Waals surface area contributed by atoms with E-state index in [1.165, 1.54) is 18.3 Å². The second kappa shape index (κ2) is 10.3. The van der Waals surface area contributed by atoms with Crippen molar-refractivity contribution in [3.63, 3.8) is 0 Å². The van der Waals surface area contributed by atoms with E-state index in [-0.39, 0.29) is 13.0 Å². The molecule has 6 nitrogen and oxygen atoms in total. The molecule has 0 bridgehead atoms. The Kier molecular flexibility index (Phi) is 6.96. The molecule has 3 aromatic carbocycles. The molecule has 1 N–H and O–H groups in total. The third-order valence-electron chi connectivity index (χ3n) is 5.05. The molecule has 1 amide bonds. The molecule has 0 saturated carbocycles. The minimum absolute atomic E-state index is 0.0295. The summed E-state index contributed by atoms with van der Waals surface area (Å²) < 4.78 is 49.0. The van der Waals surface area contributed by atoms with Crippen LogP contribution < -0.4 is 15.8 Å². The molecule has 0 aliphatic carbocycles. The van der Waals surface area contributed by atoms with Gasteiger partial charge in [0.1, 0.15) is 17.9 Å². The summed E-state index contributed by atoms with van der Waals surface area (Å²) in [5.74, 6) is -0.0611. The van der Waals surface area contributed by atoms with Crippen LogP contribution in [-0.2, 0) is 24.0 Å². The van der Waals surface area contributed by atoms with Gasteiger partial charge in [-0.3, -0.25) is 4.79 Å². The normalized spacial score (nSPS) is 11.6. The van der Waals surface area contributed by atoms with E-state index in [2.05, 4.69) is 10.5 Å². The fourth-order valence-electron chi connectivity index (χ4n) is 3.29. The molecular formula is C26H19F3N2O4. The highest BCUT2D eigenvalue weighted by molar-refractivity contribution is 5.85. The SMILES string of the molecule is O=C(Cc1ccc(C(F)(F)F)cc1)N/N=C/c1ccccc1OCc1cc2ccccc2oc1=O. The molecule has 1 heterocycles. The van der Waals surface area contributed by atoms with Crippen LogP contribution >= 0.6 is 0 Å². The second-order valence-corrected chi connectivity index (χ2v) is 7.59. The van der Waals surface area contributed by atoms with Crippen LogP contribution in [0.5, 0.6) is 5.75 Å². The lowest BCUT2D eigenvalue weighted by molar-refractivity contribution is -0.137. The van der Waals surface area contributed by atoms with E-state index in [0.717, 1.165) is 17.5 Å². The minimum Gasteiger partial charge on any atom is -0.488 e. The van der Waals surface area contributed by atoms with E-state index in [9.17, 15) is 22.8 Å². The third-order valence-corrected chi connectivity index (χ3v) is 5.05. The van der Waals surface area contributed by atoms with E-state index in [1.54, 1.807) is 42.5 Å². The van der Waals surface area contributed by atoms with Crippen LogP contribution in [0, 0.1) is 0 Å². The lowest BCUT2D eigenvalue weighted by atomic mass is 10.1. The van der Waals surface area contributed by atoms with Crippen molar-refractivity contribution in [2.45, 2.75) is 19.2 Å². The van der Waals surface area contributed by atoms with E-state index >= 15 is 0 Å². The van der Waals surface area contributed by atoms with Gasteiger partial charge in [-0.05, 0) is 42.0 Å². The number of alkyl halides is 3. The topological polar surface area (TPSA) is 80.9 Å². The van der Waals surface area contributed by atoms with Crippen LogP contribution in [0.4, 0.5) is 13.2 Å². The summed E-state index contributed by atoms with van der Waals surface area (Å²) in [6, 6.07) is 20.1. The van der Waals surface area contributed by atoms with Crippen molar-refractivity contribution >= 4 is 23.1 Å². The maximum absolute atomic E-state index is 12.6. The number of amides is 1. The molecular weight excluding hydrogens is 461 g/mol. The Morgan fingerprint density at radius 3 is 2.49 bits per heavy atom. The second-order valence-electron chi connectivity index (χ2n) is 7.59. The van der Waals surface area contributed by atoms with Gasteiger partial charge in [0, 0.05) is 10.9 Å². The zero-order valence-corrected chi connectivity index (χ0v) is 18.2. The van der Waals surface area contributed by atoms with Crippen LogP contribution in [0.1, 0.15) is 22.3 Å². The molecule has 0 fully saturated rings. The van der Waals surface area contributed by atoms with Gasteiger partial charge in [-0.1, -0.05) is 42.5 Å². The summed E-state index contributed by atoms with van der Waals surface area (Å²) >= 11 is 0. The predicted octanol–water partition coefficient (Wildman–Crippen LogP) is 5.08. The number of ether oxygens (including phenoxy) is 1. The van der Waals surface area contributed by atoms with Crippen LogP contribution in [0.2, 0.25) is 0 Å². The lowest BCUT2D eigenvalue weighted by Crippen LogP contribution is -2.20. The summed E-state index contributed by atoms with van der Waals surface area (Å²) in [6.07, 6.45) is -3.19. The first-order valence-electron chi connectivity index (χ1n) is 10.5. The van der Waals surface area contributed by atoms with Gasteiger partial charge in [-0.15, -0.1) is 0 Å². The summed E-state index contributed by atoms with van der Waals surface area (Å²) in [4.78, 5) is 24.3. The number of halogens is 3. The van der Waals surface area contributed by atoms with Crippen molar-refractivity contribution in [1.82, 2.24) is 5.43 Å². The van der Waals surface area contributed by atoms with Crippen LogP contribution in [0.3, 0.4) is 0 Å². The highest BCUT2D eigenvalue weighted by Gasteiger charge is 2.29. The fourth-order valence-corrected chi connectivity index (χ4v) is 3.29. The number of hydrazone groups is 1. The van der Waals surface area contributed by atoms with Crippen molar-refractivity contribution in [1.29, 1.82) is 0 Å². The smallest absolute Gasteiger partial charge is 0.416 e. The predicted molar refractivity (Wildman–Crippen MR) is 124 cm³/mol. The summed E-state index contributed by atoms with van der Waals surface area (Å²) in [7, 11) is 0. The van der Waals surface area contributed by atoms with Gasteiger partial charge in [0.25, 0.3) is 0 Å². The first-order chi connectivity index (χ1) is 16.8. The highest BCUT2D eigenvalue weighted by atomic mass is 19.4. The van der Waals surface area contributed by atoms with E-state index in [0.29, 0.717) is 28.0 Å². The van der Waals surface area contributed by atoms with Gasteiger partial charge >= 0.3 is 11.8 Å². The number of hydrogen-bond donors (Lipinski definition) is 1. The van der Waals surface area contributed by atoms with Gasteiger partial charge in [-0.25, -0.2) is 10.2 Å². The number of carbonyl (C=O) groups excluding carboxylic acids is 1. The Morgan fingerprint density at radius 1 is 1.00 bits per heavy atom. The molecule has 0 spiro atoms. The molecule has 0 unspecified atom stereocenters. The Balaban J connectivity index is 1.37. The maximum Gasteiger partial charge on any atom is 0.416 e. The first kappa shape index (κ1) is 23.7. The standard InChI is InChI=1S/C26H19F3N2O4/c27-26(28,29)21-11-9-17(10-12-21)13-24(32)31-30-15-19-6-2-3-7-22(19)34-16-20-14-18-5-1-4-8-23(18)35-25(20)33/h1-12,14-15H,13,16H2,(H,31,32)/b30-15+. The number of hydrogen-bond acceptors (Lipinski definition) is 5. The Hall–Kier alpha value is -4.40. The average Bonchev–Trinajstić information content (AvgIpc) is 2.83. The first-order valence-corrected chi connectivity index (χ1v) is 10.5. The molecule has 0 saturated heterocycles. The van der Waals surface area contributed by atoms with Crippen molar-refractivity contribution in [3.8, 4) is 5.75 Å². The number of nitrogens with zero attached hydrogens (tertiary/aromatic N) is 1. The zero-order chi connectivity index (χ0) is 24.8. The summed E-state index contributed by atoms with van der Waals surface area (Å²) in [5, 5.41) is 4.68. The quantitative estimate of drug-likeness (QED) is 0.227. The lowest BCUT2D eigenvalue weighted by Gasteiger charge is -2.09. The van der Waals surface area contributed by atoms with Crippen molar-refractivity contribution < 1.29 is 27.1 Å². The van der Waals surface area contributed by atoms with Gasteiger partial charge in [-0.2, -0.15) is 18.3 Å². The van der Waals surface area contributed by atoms with Crippen LogP contribution in [-0.4, -0.2) is 12.1 Å². The molecule has 35 heavy (non-hydrogen) atoms.